The van der Waals surface area contributed by atoms with Crippen molar-refractivity contribution in [2.45, 2.75) is 45.4 Å². The van der Waals surface area contributed by atoms with Crippen LogP contribution in [0.2, 0.25) is 0 Å². The van der Waals surface area contributed by atoms with Gasteiger partial charge in [-0.2, -0.15) is 4.39 Å². The summed E-state index contributed by atoms with van der Waals surface area (Å²) >= 11 is 0. The van der Waals surface area contributed by atoms with Crippen LogP contribution in [0, 0.1) is 5.82 Å². The number of H-pyrrole nitrogens is 1. The summed E-state index contributed by atoms with van der Waals surface area (Å²) in [6.07, 6.45) is 4.38. The average molecular weight is 340 g/mol. The van der Waals surface area contributed by atoms with Crippen LogP contribution in [0.1, 0.15) is 50.2 Å². The SMILES string of the molecule is C=C(C)C(=O)OCCCCCCCC(=O)n1cc(F)c(=O)[nH]c1=O. The van der Waals surface area contributed by atoms with Gasteiger partial charge in [-0.15, -0.1) is 0 Å². The van der Waals surface area contributed by atoms with Gasteiger partial charge in [0.05, 0.1) is 12.8 Å². The van der Waals surface area contributed by atoms with Crippen molar-refractivity contribution >= 4 is 11.9 Å². The van der Waals surface area contributed by atoms with Crippen molar-refractivity contribution in [3.63, 3.8) is 0 Å². The molecule has 0 bridgehead atoms. The van der Waals surface area contributed by atoms with Crippen molar-refractivity contribution in [3.05, 3.63) is 45.0 Å². The van der Waals surface area contributed by atoms with Crippen molar-refractivity contribution in [1.82, 2.24) is 9.55 Å². The van der Waals surface area contributed by atoms with Crippen molar-refractivity contribution in [3.8, 4) is 0 Å². The first-order valence-corrected chi connectivity index (χ1v) is 7.70. The van der Waals surface area contributed by atoms with Crippen molar-refractivity contribution < 1.29 is 18.7 Å². The van der Waals surface area contributed by atoms with E-state index in [-0.39, 0.29) is 6.42 Å². The van der Waals surface area contributed by atoms with Gasteiger partial charge < -0.3 is 4.74 Å². The van der Waals surface area contributed by atoms with Gasteiger partial charge in [-0.3, -0.25) is 14.6 Å². The zero-order valence-corrected chi connectivity index (χ0v) is 13.6. The number of nitrogens with one attached hydrogen (secondary N) is 1. The van der Waals surface area contributed by atoms with Gasteiger partial charge in [0.25, 0.3) is 5.56 Å². The molecule has 132 valence electrons. The van der Waals surface area contributed by atoms with Crippen LogP contribution < -0.4 is 11.2 Å². The van der Waals surface area contributed by atoms with Gasteiger partial charge in [-0.25, -0.2) is 14.2 Å². The number of aromatic amines is 1. The van der Waals surface area contributed by atoms with Crippen LogP contribution in [0.15, 0.2) is 27.9 Å². The maximum absolute atomic E-state index is 13.1. The first-order chi connectivity index (χ1) is 11.3. The lowest BCUT2D eigenvalue weighted by Crippen LogP contribution is -2.34. The maximum Gasteiger partial charge on any atom is 0.335 e. The molecule has 0 saturated heterocycles. The molecule has 1 aromatic rings. The number of hydrogen-bond acceptors (Lipinski definition) is 5. The maximum atomic E-state index is 13.1. The second-order valence-electron chi connectivity index (χ2n) is 5.43. The van der Waals surface area contributed by atoms with Crippen molar-refractivity contribution in [1.29, 1.82) is 0 Å². The van der Waals surface area contributed by atoms with E-state index in [2.05, 4.69) is 6.58 Å². The van der Waals surface area contributed by atoms with E-state index in [1.54, 1.807) is 11.9 Å². The number of nitrogens with zero attached hydrogens (tertiary/aromatic N) is 1. The van der Waals surface area contributed by atoms with Crippen LogP contribution in [0.5, 0.6) is 0 Å². The fraction of sp³-hybridized carbons (Fsp3) is 0.500. The molecule has 0 radical (unpaired) electrons. The summed E-state index contributed by atoms with van der Waals surface area (Å²) in [5, 5.41) is 0. The summed E-state index contributed by atoms with van der Waals surface area (Å²) in [7, 11) is 0. The summed E-state index contributed by atoms with van der Waals surface area (Å²) < 4.78 is 18.6. The Morgan fingerprint density at radius 3 is 2.50 bits per heavy atom. The van der Waals surface area contributed by atoms with E-state index in [4.69, 9.17) is 4.74 Å². The predicted octanol–water partition coefficient (Wildman–Crippen LogP) is 1.78. The highest BCUT2D eigenvalue weighted by Gasteiger charge is 2.10. The van der Waals surface area contributed by atoms with Gasteiger partial charge in [0, 0.05) is 12.0 Å². The van der Waals surface area contributed by atoms with Crippen LogP contribution in [0.25, 0.3) is 0 Å². The van der Waals surface area contributed by atoms with Gasteiger partial charge in [0.2, 0.25) is 11.7 Å². The number of aromatic nitrogens is 2. The number of rotatable bonds is 9. The normalized spacial score (nSPS) is 10.4. The van der Waals surface area contributed by atoms with E-state index in [1.807, 2.05) is 0 Å². The second kappa shape index (κ2) is 9.59. The molecule has 7 nitrogen and oxygen atoms in total. The van der Waals surface area contributed by atoms with Gasteiger partial charge in [-0.1, -0.05) is 25.8 Å². The number of carbonyl (C=O) groups excluding carboxylic acids is 2. The third-order valence-corrected chi connectivity index (χ3v) is 3.28. The highest BCUT2D eigenvalue weighted by molar-refractivity contribution is 5.86. The molecule has 0 aliphatic rings. The fourth-order valence-electron chi connectivity index (χ4n) is 1.95. The van der Waals surface area contributed by atoms with Crippen molar-refractivity contribution in [2.24, 2.45) is 0 Å². The molecular weight excluding hydrogens is 319 g/mol. The number of esters is 1. The lowest BCUT2D eigenvalue weighted by atomic mass is 10.1. The molecule has 1 aromatic heterocycles. The quantitative estimate of drug-likeness (QED) is 0.420. The average Bonchev–Trinajstić information content (AvgIpc) is 2.52. The number of unbranched alkanes of at least 4 members (excludes halogenated alkanes) is 4. The molecule has 24 heavy (non-hydrogen) atoms. The minimum atomic E-state index is -1.17. The monoisotopic (exact) mass is 340 g/mol. The highest BCUT2D eigenvalue weighted by atomic mass is 19.1. The zero-order chi connectivity index (χ0) is 18.1. The Labute approximate surface area is 138 Å². The summed E-state index contributed by atoms with van der Waals surface area (Å²) in [6.45, 7) is 5.39. The van der Waals surface area contributed by atoms with Crippen LogP contribution in [0.3, 0.4) is 0 Å². The zero-order valence-electron chi connectivity index (χ0n) is 13.6. The molecule has 0 aliphatic carbocycles. The molecule has 1 rings (SSSR count). The number of carbonyl (C=O) groups is 2. The molecule has 0 fully saturated rings. The lowest BCUT2D eigenvalue weighted by molar-refractivity contribution is -0.139. The topological polar surface area (TPSA) is 98.2 Å². The minimum absolute atomic E-state index is 0.0794. The molecular formula is C16H21FN2O5. The molecule has 0 aliphatic heterocycles. The smallest absolute Gasteiger partial charge is 0.335 e. The molecule has 8 heteroatoms. The molecule has 0 atom stereocenters. The van der Waals surface area contributed by atoms with Crippen LogP contribution in [-0.2, 0) is 9.53 Å². The first kappa shape index (κ1) is 19.5. The van der Waals surface area contributed by atoms with Gasteiger partial charge >= 0.3 is 11.7 Å². The Kier molecular flexibility index (Phi) is 7.81. The number of halogens is 1. The Morgan fingerprint density at radius 2 is 1.83 bits per heavy atom. The Morgan fingerprint density at radius 1 is 1.21 bits per heavy atom. The Balaban J connectivity index is 2.22. The standard InChI is InChI=1S/C16H21FN2O5/c1-11(2)15(22)24-9-7-5-3-4-6-8-13(20)19-10-12(17)14(21)18-16(19)23/h10H,1,3-9H2,2H3,(H,18,21,23). The molecule has 1 heterocycles. The molecule has 0 unspecified atom stereocenters. The summed E-state index contributed by atoms with van der Waals surface area (Å²) in [4.78, 5) is 47.0. The first-order valence-electron chi connectivity index (χ1n) is 7.70. The van der Waals surface area contributed by atoms with E-state index < -0.39 is 28.9 Å². The van der Waals surface area contributed by atoms with Crippen LogP contribution in [-0.4, -0.2) is 28.0 Å². The molecule has 0 aromatic carbocycles. The van der Waals surface area contributed by atoms with E-state index in [9.17, 15) is 23.6 Å². The van der Waals surface area contributed by atoms with Crippen LogP contribution >= 0.6 is 0 Å². The highest BCUT2D eigenvalue weighted by Crippen LogP contribution is 2.07. The second-order valence-corrected chi connectivity index (χ2v) is 5.43. The van der Waals surface area contributed by atoms with Gasteiger partial charge in [-0.05, 0) is 19.8 Å². The Hall–Kier alpha value is -2.51. The van der Waals surface area contributed by atoms with Gasteiger partial charge in [0.15, 0.2) is 0 Å². The van der Waals surface area contributed by atoms with Crippen LogP contribution in [0.4, 0.5) is 4.39 Å². The minimum Gasteiger partial charge on any atom is -0.462 e. The van der Waals surface area contributed by atoms with E-state index in [0.717, 1.165) is 25.7 Å². The molecule has 0 spiro atoms. The summed E-state index contributed by atoms with van der Waals surface area (Å²) in [5.41, 5.74) is -1.72. The van der Waals surface area contributed by atoms with E-state index in [0.29, 0.717) is 29.4 Å². The number of hydrogen-bond donors (Lipinski definition) is 1. The lowest BCUT2D eigenvalue weighted by Gasteiger charge is -2.05. The van der Waals surface area contributed by atoms with Gasteiger partial charge in [0.1, 0.15) is 0 Å². The Bertz CT molecular complexity index is 720. The largest absolute Gasteiger partial charge is 0.462 e. The third kappa shape index (κ3) is 6.31. The fourth-order valence-corrected chi connectivity index (χ4v) is 1.95. The summed E-state index contributed by atoms with van der Waals surface area (Å²) in [5.74, 6) is -2.14. The molecule has 0 amide bonds. The van der Waals surface area contributed by atoms with Crippen molar-refractivity contribution in [2.75, 3.05) is 6.61 Å². The van der Waals surface area contributed by atoms with E-state index >= 15 is 0 Å². The molecule has 1 N–H and O–H groups in total. The predicted molar refractivity (Wildman–Crippen MR) is 85.4 cm³/mol. The molecule has 0 saturated carbocycles. The summed E-state index contributed by atoms with van der Waals surface area (Å²) in [6, 6.07) is 0. The third-order valence-electron chi connectivity index (χ3n) is 3.28. The van der Waals surface area contributed by atoms with E-state index in [1.165, 1.54) is 0 Å². The number of ether oxygens (including phenoxy) is 1.